The summed E-state index contributed by atoms with van der Waals surface area (Å²) in [5, 5.41) is 0. The molecule has 0 atom stereocenters. The molecule has 0 radical (unpaired) electrons. The molecule has 0 bridgehead atoms. The quantitative estimate of drug-likeness (QED) is 0.796. The van der Waals surface area contributed by atoms with Crippen molar-refractivity contribution in [1.82, 2.24) is 4.90 Å². The highest BCUT2D eigenvalue weighted by Crippen LogP contribution is 2.26. The van der Waals surface area contributed by atoms with Gasteiger partial charge in [-0.2, -0.15) is 0 Å². The Morgan fingerprint density at radius 3 is 3.00 bits per heavy atom. The molecule has 4 heteroatoms. The lowest BCUT2D eigenvalue weighted by atomic mass is 10.1. The largest absolute Gasteiger partial charge is 0.493 e. The molecule has 0 fully saturated rings. The number of fused-ring (bicyclic) bond motifs is 1. The van der Waals surface area contributed by atoms with Crippen molar-refractivity contribution in [3.63, 3.8) is 0 Å². The minimum Gasteiger partial charge on any atom is -0.493 e. The van der Waals surface area contributed by atoms with Crippen LogP contribution in [0, 0.1) is 0 Å². The lowest BCUT2D eigenvalue weighted by Gasteiger charge is -2.17. The average molecular weight is 262 g/mol. The van der Waals surface area contributed by atoms with Crippen molar-refractivity contribution in [3.05, 3.63) is 29.3 Å². The number of nitrogens with zero attached hydrogens (tertiary/aromatic N) is 1. The molecule has 0 saturated heterocycles. The van der Waals surface area contributed by atoms with E-state index in [9.17, 15) is 4.79 Å². The summed E-state index contributed by atoms with van der Waals surface area (Å²) in [5.74, 6) is 1.00. The molecular formula is C15H22N2O2. The third-order valence-corrected chi connectivity index (χ3v) is 3.48. The summed E-state index contributed by atoms with van der Waals surface area (Å²) < 4.78 is 5.45. The summed E-state index contributed by atoms with van der Waals surface area (Å²) >= 11 is 0. The molecule has 104 valence electrons. The van der Waals surface area contributed by atoms with Crippen LogP contribution in [0.2, 0.25) is 0 Å². The average Bonchev–Trinajstić information content (AvgIpc) is 2.89. The van der Waals surface area contributed by atoms with Crippen molar-refractivity contribution in [2.24, 2.45) is 5.73 Å². The maximum Gasteiger partial charge on any atom is 0.253 e. The fourth-order valence-corrected chi connectivity index (χ4v) is 2.31. The van der Waals surface area contributed by atoms with E-state index in [1.165, 1.54) is 0 Å². The van der Waals surface area contributed by atoms with Crippen LogP contribution in [-0.2, 0) is 6.42 Å². The van der Waals surface area contributed by atoms with Crippen LogP contribution in [0.5, 0.6) is 5.75 Å². The van der Waals surface area contributed by atoms with Gasteiger partial charge >= 0.3 is 0 Å². The number of hydrogen-bond donors (Lipinski definition) is 1. The molecule has 2 N–H and O–H groups in total. The molecule has 0 saturated carbocycles. The van der Waals surface area contributed by atoms with Crippen molar-refractivity contribution < 1.29 is 9.53 Å². The molecule has 1 aliphatic heterocycles. The zero-order valence-corrected chi connectivity index (χ0v) is 11.5. The summed E-state index contributed by atoms with van der Waals surface area (Å²) in [4.78, 5) is 14.1. The molecule has 1 heterocycles. The van der Waals surface area contributed by atoms with Gasteiger partial charge in [-0.1, -0.05) is 6.42 Å². The number of unbranched alkanes of at least 4 members (excludes halogenated alkanes) is 2. The molecule has 0 unspecified atom stereocenters. The van der Waals surface area contributed by atoms with E-state index in [0.717, 1.165) is 62.3 Å². The summed E-state index contributed by atoms with van der Waals surface area (Å²) in [6, 6.07) is 5.71. The molecule has 4 nitrogen and oxygen atoms in total. The Bertz CT molecular complexity index is 446. The second-order valence-corrected chi connectivity index (χ2v) is 5.00. The number of ether oxygens (including phenoxy) is 1. The van der Waals surface area contributed by atoms with Gasteiger partial charge in [0.25, 0.3) is 5.91 Å². The Kier molecular flexibility index (Phi) is 4.80. The number of carbonyl (C=O) groups is 1. The topological polar surface area (TPSA) is 55.6 Å². The summed E-state index contributed by atoms with van der Waals surface area (Å²) in [5.41, 5.74) is 7.35. The van der Waals surface area contributed by atoms with Crippen molar-refractivity contribution in [2.75, 3.05) is 26.7 Å². The van der Waals surface area contributed by atoms with E-state index in [0.29, 0.717) is 0 Å². The Morgan fingerprint density at radius 2 is 2.21 bits per heavy atom. The number of amides is 1. The zero-order valence-electron chi connectivity index (χ0n) is 11.5. The van der Waals surface area contributed by atoms with Crippen molar-refractivity contribution in [3.8, 4) is 5.75 Å². The van der Waals surface area contributed by atoms with Crippen LogP contribution in [0.3, 0.4) is 0 Å². The molecule has 0 aromatic heterocycles. The number of rotatable bonds is 6. The van der Waals surface area contributed by atoms with Gasteiger partial charge in [0.1, 0.15) is 5.75 Å². The highest BCUT2D eigenvalue weighted by Gasteiger charge is 2.17. The first-order valence-corrected chi connectivity index (χ1v) is 6.93. The van der Waals surface area contributed by atoms with E-state index in [-0.39, 0.29) is 5.91 Å². The zero-order chi connectivity index (χ0) is 13.7. The Morgan fingerprint density at radius 1 is 1.37 bits per heavy atom. The fraction of sp³-hybridized carbons (Fsp3) is 0.533. The minimum atomic E-state index is 0.0856. The van der Waals surface area contributed by atoms with E-state index in [1.54, 1.807) is 4.90 Å². The predicted octanol–water partition coefficient (Wildman–Crippen LogP) is 1.82. The van der Waals surface area contributed by atoms with Crippen molar-refractivity contribution >= 4 is 5.91 Å². The van der Waals surface area contributed by atoms with Gasteiger partial charge in [-0.05, 0) is 43.1 Å². The number of carbonyl (C=O) groups excluding carboxylic acids is 1. The van der Waals surface area contributed by atoms with Gasteiger partial charge < -0.3 is 15.4 Å². The third-order valence-electron chi connectivity index (χ3n) is 3.48. The highest BCUT2D eigenvalue weighted by atomic mass is 16.5. The maximum absolute atomic E-state index is 12.3. The highest BCUT2D eigenvalue weighted by molar-refractivity contribution is 5.94. The molecule has 1 aromatic carbocycles. The number of nitrogens with two attached hydrogens (primary N) is 1. The second-order valence-electron chi connectivity index (χ2n) is 5.00. The van der Waals surface area contributed by atoms with Crippen LogP contribution in [0.15, 0.2) is 18.2 Å². The van der Waals surface area contributed by atoms with Crippen LogP contribution in [0.4, 0.5) is 0 Å². The van der Waals surface area contributed by atoms with Gasteiger partial charge in [-0.3, -0.25) is 4.79 Å². The molecule has 1 amide bonds. The fourth-order valence-electron chi connectivity index (χ4n) is 2.31. The second kappa shape index (κ2) is 6.57. The third kappa shape index (κ3) is 3.47. The van der Waals surface area contributed by atoms with E-state index in [4.69, 9.17) is 10.5 Å². The lowest BCUT2D eigenvalue weighted by Crippen LogP contribution is -2.27. The smallest absolute Gasteiger partial charge is 0.253 e. The van der Waals surface area contributed by atoms with Gasteiger partial charge in [0.15, 0.2) is 0 Å². The molecular weight excluding hydrogens is 240 g/mol. The Labute approximate surface area is 114 Å². The normalized spacial score (nSPS) is 12.9. The van der Waals surface area contributed by atoms with Crippen LogP contribution in [0.25, 0.3) is 0 Å². The first-order chi connectivity index (χ1) is 9.22. The van der Waals surface area contributed by atoms with Gasteiger partial charge in [0.05, 0.1) is 6.61 Å². The maximum atomic E-state index is 12.3. The Hall–Kier alpha value is -1.55. The van der Waals surface area contributed by atoms with Gasteiger partial charge in [0.2, 0.25) is 0 Å². The lowest BCUT2D eigenvalue weighted by molar-refractivity contribution is 0.0792. The first-order valence-electron chi connectivity index (χ1n) is 6.93. The van der Waals surface area contributed by atoms with Crippen LogP contribution in [0.1, 0.15) is 35.2 Å². The summed E-state index contributed by atoms with van der Waals surface area (Å²) in [6.07, 6.45) is 4.01. The number of benzene rings is 1. The molecule has 2 rings (SSSR count). The van der Waals surface area contributed by atoms with E-state index in [2.05, 4.69) is 0 Å². The number of hydrogen-bond acceptors (Lipinski definition) is 3. The summed E-state index contributed by atoms with van der Waals surface area (Å²) in [7, 11) is 1.86. The van der Waals surface area contributed by atoms with Crippen molar-refractivity contribution in [2.45, 2.75) is 25.7 Å². The molecule has 1 aliphatic rings. The van der Waals surface area contributed by atoms with Crippen LogP contribution in [-0.4, -0.2) is 37.6 Å². The van der Waals surface area contributed by atoms with Gasteiger partial charge in [-0.15, -0.1) is 0 Å². The van der Waals surface area contributed by atoms with Crippen LogP contribution >= 0.6 is 0 Å². The van der Waals surface area contributed by atoms with E-state index >= 15 is 0 Å². The van der Waals surface area contributed by atoms with Gasteiger partial charge in [-0.25, -0.2) is 0 Å². The molecule has 0 spiro atoms. The van der Waals surface area contributed by atoms with Crippen molar-refractivity contribution in [1.29, 1.82) is 0 Å². The standard InChI is InChI=1S/C15H22N2O2/c1-17(9-4-2-3-8-16)15(18)13-5-6-14-12(11-13)7-10-19-14/h5-6,11H,2-4,7-10,16H2,1H3. The minimum absolute atomic E-state index is 0.0856. The predicted molar refractivity (Wildman–Crippen MR) is 75.5 cm³/mol. The first kappa shape index (κ1) is 13.9. The Balaban J connectivity index is 1.91. The van der Waals surface area contributed by atoms with E-state index in [1.807, 2.05) is 25.2 Å². The summed E-state index contributed by atoms with van der Waals surface area (Å²) in [6.45, 7) is 2.23. The molecule has 0 aliphatic carbocycles. The molecule has 19 heavy (non-hydrogen) atoms. The van der Waals surface area contributed by atoms with E-state index < -0.39 is 0 Å². The van der Waals surface area contributed by atoms with Crippen LogP contribution < -0.4 is 10.5 Å². The SMILES string of the molecule is CN(CCCCCN)C(=O)c1ccc2c(c1)CCO2. The monoisotopic (exact) mass is 262 g/mol. The van der Waals surface area contributed by atoms with Gasteiger partial charge in [0, 0.05) is 25.6 Å². The molecule has 1 aromatic rings.